The van der Waals surface area contributed by atoms with Crippen LogP contribution in [0.15, 0.2) is 48.5 Å². The SMILES string of the molecule is COc1ccc(-c2cc(N)n(-c3nc4c(OC)cccc4s3)n2)cc1. The van der Waals surface area contributed by atoms with Gasteiger partial charge < -0.3 is 15.2 Å². The number of nitrogen functional groups attached to an aromatic ring is 1. The van der Waals surface area contributed by atoms with Crippen LogP contribution in [0.5, 0.6) is 11.5 Å². The van der Waals surface area contributed by atoms with Gasteiger partial charge in [-0.1, -0.05) is 17.4 Å². The van der Waals surface area contributed by atoms with Gasteiger partial charge in [0.1, 0.15) is 22.8 Å². The quantitative estimate of drug-likeness (QED) is 0.605. The van der Waals surface area contributed by atoms with Crippen molar-refractivity contribution in [3.05, 3.63) is 48.5 Å². The van der Waals surface area contributed by atoms with Crippen LogP contribution in [0.4, 0.5) is 5.82 Å². The Hall–Kier alpha value is -3.06. The minimum atomic E-state index is 0.531. The van der Waals surface area contributed by atoms with Crippen LogP contribution in [0.2, 0.25) is 0 Å². The largest absolute Gasteiger partial charge is 0.497 e. The molecular formula is C18H16N4O2S. The minimum absolute atomic E-state index is 0.531. The highest BCUT2D eigenvalue weighted by molar-refractivity contribution is 7.20. The van der Waals surface area contributed by atoms with Gasteiger partial charge >= 0.3 is 0 Å². The molecule has 0 unspecified atom stereocenters. The number of ether oxygens (including phenoxy) is 2. The Balaban J connectivity index is 1.77. The van der Waals surface area contributed by atoms with E-state index in [1.54, 1.807) is 18.9 Å². The Morgan fingerprint density at radius 1 is 1.04 bits per heavy atom. The van der Waals surface area contributed by atoms with E-state index < -0.39 is 0 Å². The summed E-state index contributed by atoms with van der Waals surface area (Å²) in [7, 11) is 3.28. The van der Waals surface area contributed by atoms with E-state index in [-0.39, 0.29) is 0 Å². The third-order valence-electron chi connectivity index (χ3n) is 3.89. The minimum Gasteiger partial charge on any atom is -0.497 e. The second kappa shape index (κ2) is 6.10. The summed E-state index contributed by atoms with van der Waals surface area (Å²) in [5.74, 6) is 2.07. The normalized spacial score (nSPS) is 11.0. The standard InChI is InChI=1S/C18H16N4O2S/c1-23-12-8-6-11(7-9-12)13-10-16(19)22(21-13)18-20-17-14(24-2)4-3-5-15(17)25-18/h3-10H,19H2,1-2H3. The highest BCUT2D eigenvalue weighted by Crippen LogP contribution is 2.33. The molecular weight excluding hydrogens is 336 g/mol. The molecule has 6 nitrogen and oxygen atoms in total. The van der Waals surface area contributed by atoms with Gasteiger partial charge in [-0.15, -0.1) is 0 Å². The van der Waals surface area contributed by atoms with Crippen LogP contribution in [-0.4, -0.2) is 29.0 Å². The second-order valence-corrected chi connectivity index (χ2v) is 6.41. The summed E-state index contributed by atoms with van der Waals surface area (Å²) in [4.78, 5) is 4.64. The van der Waals surface area contributed by atoms with Crippen molar-refractivity contribution in [2.75, 3.05) is 20.0 Å². The fourth-order valence-corrected chi connectivity index (χ4v) is 3.57. The molecule has 2 N–H and O–H groups in total. The summed E-state index contributed by atoms with van der Waals surface area (Å²) in [6.07, 6.45) is 0. The molecule has 0 amide bonds. The first-order valence-electron chi connectivity index (χ1n) is 7.63. The summed E-state index contributed by atoms with van der Waals surface area (Å²) >= 11 is 1.52. The number of rotatable bonds is 4. The van der Waals surface area contributed by atoms with Gasteiger partial charge in [-0.2, -0.15) is 9.78 Å². The predicted molar refractivity (Wildman–Crippen MR) is 99.7 cm³/mol. The predicted octanol–water partition coefficient (Wildman–Crippen LogP) is 3.75. The average Bonchev–Trinajstić information content (AvgIpc) is 3.24. The molecule has 0 saturated heterocycles. The number of aromatic nitrogens is 3. The van der Waals surface area contributed by atoms with E-state index >= 15 is 0 Å². The molecule has 25 heavy (non-hydrogen) atoms. The van der Waals surface area contributed by atoms with Gasteiger partial charge in [0.2, 0.25) is 5.13 Å². The first kappa shape index (κ1) is 15.5. The lowest BCUT2D eigenvalue weighted by molar-refractivity contribution is 0.415. The molecule has 0 bridgehead atoms. The van der Waals surface area contributed by atoms with Gasteiger partial charge in [0, 0.05) is 11.6 Å². The highest BCUT2D eigenvalue weighted by atomic mass is 32.1. The molecule has 126 valence electrons. The molecule has 2 heterocycles. The molecule has 2 aromatic carbocycles. The molecule has 0 spiro atoms. The lowest BCUT2D eigenvalue weighted by atomic mass is 10.1. The molecule has 0 atom stereocenters. The van der Waals surface area contributed by atoms with E-state index in [1.165, 1.54) is 11.3 Å². The number of nitrogens with two attached hydrogens (primary N) is 1. The number of hydrogen-bond acceptors (Lipinski definition) is 6. The van der Waals surface area contributed by atoms with Crippen LogP contribution in [0.3, 0.4) is 0 Å². The first-order valence-corrected chi connectivity index (χ1v) is 8.45. The second-order valence-electron chi connectivity index (χ2n) is 5.40. The van der Waals surface area contributed by atoms with Crippen molar-refractivity contribution < 1.29 is 9.47 Å². The zero-order chi connectivity index (χ0) is 17.4. The van der Waals surface area contributed by atoms with Crippen LogP contribution < -0.4 is 15.2 Å². The number of hydrogen-bond donors (Lipinski definition) is 1. The van der Waals surface area contributed by atoms with E-state index in [4.69, 9.17) is 15.2 Å². The van der Waals surface area contributed by atoms with Gasteiger partial charge in [0.15, 0.2) is 0 Å². The van der Waals surface area contributed by atoms with Gasteiger partial charge in [-0.3, -0.25) is 0 Å². The van der Waals surface area contributed by atoms with Crippen molar-refractivity contribution in [3.8, 4) is 27.9 Å². The van der Waals surface area contributed by atoms with Crippen molar-refractivity contribution in [1.29, 1.82) is 0 Å². The van der Waals surface area contributed by atoms with Crippen molar-refractivity contribution in [2.24, 2.45) is 0 Å². The number of benzene rings is 2. The summed E-state index contributed by atoms with van der Waals surface area (Å²) in [6, 6.07) is 15.4. The molecule has 0 radical (unpaired) electrons. The summed E-state index contributed by atoms with van der Waals surface area (Å²) < 4.78 is 13.2. The number of thiazole rings is 1. The Morgan fingerprint density at radius 3 is 2.56 bits per heavy atom. The van der Waals surface area contributed by atoms with Crippen LogP contribution in [0, 0.1) is 0 Å². The zero-order valence-corrected chi connectivity index (χ0v) is 14.6. The van der Waals surface area contributed by atoms with E-state index in [9.17, 15) is 0 Å². The van der Waals surface area contributed by atoms with E-state index in [1.807, 2.05) is 48.5 Å². The molecule has 0 saturated carbocycles. The lowest BCUT2D eigenvalue weighted by Crippen LogP contribution is -2.00. The number of anilines is 1. The van der Waals surface area contributed by atoms with Gasteiger partial charge in [-0.05, 0) is 36.4 Å². The zero-order valence-electron chi connectivity index (χ0n) is 13.8. The van der Waals surface area contributed by atoms with Gasteiger partial charge in [0.25, 0.3) is 0 Å². The smallest absolute Gasteiger partial charge is 0.213 e. The molecule has 0 fully saturated rings. The monoisotopic (exact) mass is 352 g/mol. The third kappa shape index (κ3) is 2.68. The number of para-hydroxylation sites is 1. The molecule has 7 heteroatoms. The molecule has 4 aromatic rings. The molecule has 0 aliphatic heterocycles. The van der Waals surface area contributed by atoms with E-state index in [2.05, 4.69) is 10.1 Å². The van der Waals surface area contributed by atoms with Gasteiger partial charge in [-0.25, -0.2) is 4.98 Å². The number of methoxy groups -OCH3 is 2. The third-order valence-corrected chi connectivity index (χ3v) is 4.89. The Bertz CT molecular complexity index is 1040. The Labute approximate surface area is 148 Å². The Kier molecular flexibility index (Phi) is 3.77. The molecule has 0 aliphatic rings. The lowest BCUT2D eigenvalue weighted by Gasteiger charge is -2.00. The maximum absolute atomic E-state index is 6.17. The number of fused-ring (bicyclic) bond motifs is 1. The fourth-order valence-electron chi connectivity index (χ4n) is 2.62. The first-order chi connectivity index (χ1) is 12.2. The molecule has 0 aliphatic carbocycles. The van der Waals surface area contributed by atoms with Gasteiger partial charge in [0.05, 0.1) is 24.6 Å². The fraction of sp³-hybridized carbons (Fsp3) is 0.111. The highest BCUT2D eigenvalue weighted by Gasteiger charge is 2.14. The van der Waals surface area contributed by atoms with Crippen LogP contribution in [0.1, 0.15) is 0 Å². The summed E-state index contributed by atoms with van der Waals surface area (Å²) in [5.41, 5.74) is 8.73. The topological polar surface area (TPSA) is 75.2 Å². The summed E-state index contributed by atoms with van der Waals surface area (Å²) in [6.45, 7) is 0. The maximum Gasteiger partial charge on any atom is 0.213 e. The van der Waals surface area contributed by atoms with Crippen LogP contribution >= 0.6 is 11.3 Å². The Morgan fingerprint density at radius 2 is 1.84 bits per heavy atom. The van der Waals surface area contributed by atoms with E-state index in [0.717, 1.165) is 33.0 Å². The van der Waals surface area contributed by atoms with Crippen molar-refractivity contribution in [2.45, 2.75) is 0 Å². The van der Waals surface area contributed by atoms with Crippen LogP contribution in [0.25, 0.3) is 26.6 Å². The average molecular weight is 352 g/mol. The molecule has 4 rings (SSSR count). The number of nitrogens with zero attached hydrogens (tertiary/aromatic N) is 3. The van der Waals surface area contributed by atoms with Crippen molar-refractivity contribution in [1.82, 2.24) is 14.8 Å². The summed E-state index contributed by atoms with van der Waals surface area (Å²) in [5, 5.41) is 5.32. The van der Waals surface area contributed by atoms with Crippen molar-refractivity contribution >= 4 is 27.4 Å². The maximum atomic E-state index is 6.17. The van der Waals surface area contributed by atoms with Crippen LogP contribution in [-0.2, 0) is 0 Å². The van der Waals surface area contributed by atoms with Crippen molar-refractivity contribution in [3.63, 3.8) is 0 Å². The van der Waals surface area contributed by atoms with E-state index in [0.29, 0.717) is 10.9 Å². The molecule has 2 aromatic heterocycles.